The van der Waals surface area contributed by atoms with E-state index in [9.17, 15) is 14.7 Å². The number of phenolic OH excluding ortho intramolecular Hbond substituents is 1. The van der Waals surface area contributed by atoms with Crippen LogP contribution >= 0.6 is 0 Å². The summed E-state index contributed by atoms with van der Waals surface area (Å²) in [5.41, 5.74) is 4.66. The van der Waals surface area contributed by atoms with Gasteiger partial charge in [-0.2, -0.15) is 0 Å². The van der Waals surface area contributed by atoms with Gasteiger partial charge in [0.1, 0.15) is 11.5 Å². The zero-order chi connectivity index (χ0) is 18.4. The van der Waals surface area contributed by atoms with E-state index in [-0.39, 0.29) is 22.6 Å². The number of rotatable bonds is 5. The number of nitrogens with one attached hydrogen (secondary N) is 2. The van der Waals surface area contributed by atoms with Crippen LogP contribution in [0.4, 0.5) is 0 Å². The Morgan fingerprint density at radius 2 is 1.32 bits per heavy atom. The molecule has 2 rings (SSSR count). The molecule has 0 radical (unpaired) electrons. The molecule has 25 heavy (non-hydrogen) atoms. The normalized spacial score (nSPS) is 9.88. The molecule has 2 aromatic carbocycles. The van der Waals surface area contributed by atoms with Crippen LogP contribution in [-0.4, -0.2) is 38.3 Å². The van der Waals surface area contributed by atoms with Crippen molar-refractivity contribution in [3.8, 4) is 23.0 Å². The number of benzene rings is 2. The zero-order valence-electron chi connectivity index (χ0n) is 14.0. The van der Waals surface area contributed by atoms with E-state index in [4.69, 9.17) is 14.2 Å². The molecule has 0 fully saturated rings. The van der Waals surface area contributed by atoms with Crippen molar-refractivity contribution >= 4 is 11.8 Å². The van der Waals surface area contributed by atoms with Gasteiger partial charge in [-0.15, -0.1) is 0 Å². The number of carbonyl (C=O) groups excluding carboxylic acids is 2. The quantitative estimate of drug-likeness (QED) is 0.708. The first-order valence-corrected chi connectivity index (χ1v) is 7.20. The van der Waals surface area contributed by atoms with Crippen molar-refractivity contribution in [1.82, 2.24) is 10.9 Å². The molecule has 0 aliphatic rings. The molecule has 0 saturated heterocycles. The zero-order valence-corrected chi connectivity index (χ0v) is 14.0. The summed E-state index contributed by atoms with van der Waals surface area (Å²) in [7, 11) is 4.30. The minimum atomic E-state index is -0.661. The second-order valence-electron chi connectivity index (χ2n) is 4.83. The van der Waals surface area contributed by atoms with Gasteiger partial charge in [-0.25, -0.2) is 0 Å². The first-order valence-electron chi connectivity index (χ1n) is 7.20. The number of amides is 2. The molecule has 8 heteroatoms. The molecule has 3 N–H and O–H groups in total. The molecule has 0 heterocycles. The van der Waals surface area contributed by atoms with Crippen LogP contribution in [-0.2, 0) is 0 Å². The van der Waals surface area contributed by atoms with E-state index in [1.165, 1.54) is 45.6 Å². The van der Waals surface area contributed by atoms with E-state index < -0.39 is 11.8 Å². The molecule has 2 aromatic rings. The monoisotopic (exact) mass is 346 g/mol. The number of hydrazine groups is 1. The highest BCUT2D eigenvalue weighted by atomic mass is 16.5. The topological polar surface area (TPSA) is 106 Å². The molecule has 0 aliphatic carbocycles. The lowest BCUT2D eigenvalue weighted by Crippen LogP contribution is -2.41. The van der Waals surface area contributed by atoms with Crippen LogP contribution in [0.1, 0.15) is 20.7 Å². The van der Waals surface area contributed by atoms with Gasteiger partial charge >= 0.3 is 0 Å². The fraction of sp³-hybridized carbons (Fsp3) is 0.176. The van der Waals surface area contributed by atoms with Gasteiger partial charge in [-0.1, -0.05) is 12.1 Å². The van der Waals surface area contributed by atoms with Crippen LogP contribution in [0.15, 0.2) is 36.4 Å². The Kier molecular flexibility index (Phi) is 5.67. The molecule has 132 valence electrons. The highest BCUT2D eigenvalue weighted by molar-refractivity contribution is 6.01. The minimum absolute atomic E-state index is 0.0297. The van der Waals surface area contributed by atoms with E-state index in [1.54, 1.807) is 12.1 Å². The van der Waals surface area contributed by atoms with Gasteiger partial charge < -0.3 is 19.3 Å². The third-order valence-electron chi connectivity index (χ3n) is 3.39. The molecule has 0 saturated carbocycles. The molecular weight excluding hydrogens is 328 g/mol. The summed E-state index contributed by atoms with van der Waals surface area (Å²) in [6, 6.07) is 8.90. The number of phenols is 1. The largest absolute Gasteiger partial charge is 0.507 e. The lowest BCUT2D eigenvalue weighted by Gasteiger charge is -2.14. The van der Waals surface area contributed by atoms with E-state index in [0.717, 1.165) is 0 Å². The molecule has 0 atom stereocenters. The highest BCUT2D eigenvalue weighted by Crippen LogP contribution is 2.34. The van der Waals surface area contributed by atoms with E-state index in [2.05, 4.69) is 10.9 Å². The Labute approximate surface area is 144 Å². The van der Waals surface area contributed by atoms with Crippen molar-refractivity contribution < 1.29 is 28.9 Å². The molecule has 0 unspecified atom stereocenters. The fourth-order valence-electron chi connectivity index (χ4n) is 2.12. The average Bonchev–Trinajstić information content (AvgIpc) is 2.64. The number of methoxy groups -OCH3 is 3. The Bertz CT molecular complexity index is 791. The molecule has 0 spiro atoms. The summed E-state index contributed by atoms with van der Waals surface area (Å²) >= 11 is 0. The molecule has 8 nitrogen and oxygen atoms in total. The van der Waals surface area contributed by atoms with Gasteiger partial charge in [0, 0.05) is 12.1 Å². The van der Waals surface area contributed by atoms with Crippen molar-refractivity contribution in [2.45, 2.75) is 0 Å². The lowest BCUT2D eigenvalue weighted by molar-refractivity contribution is 0.0843. The molecular formula is C17H18N2O6. The van der Waals surface area contributed by atoms with E-state index in [1.807, 2.05) is 0 Å². The number of aromatic hydroxyl groups is 1. The highest BCUT2D eigenvalue weighted by Gasteiger charge is 2.19. The van der Waals surface area contributed by atoms with Gasteiger partial charge in [0.2, 0.25) is 0 Å². The van der Waals surface area contributed by atoms with E-state index >= 15 is 0 Å². The Morgan fingerprint density at radius 1 is 0.800 bits per heavy atom. The summed E-state index contributed by atoms with van der Waals surface area (Å²) in [5, 5.41) is 9.65. The second-order valence-corrected chi connectivity index (χ2v) is 4.83. The van der Waals surface area contributed by atoms with Crippen LogP contribution < -0.4 is 25.1 Å². The Morgan fingerprint density at radius 3 is 1.88 bits per heavy atom. The van der Waals surface area contributed by atoms with Crippen LogP contribution in [0.25, 0.3) is 0 Å². The number of hydrogen-bond donors (Lipinski definition) is 3. The number of ether oxygens (including phenoxy) is 3. The minimum Gasteiger partial charge on any atom is -0.507 e. The van der Waals surface area contributed by atoms with Gasteiger partial charge in [0.05, 0.1) is 32.5 Å². The maximum atomic E-state index is 12.3. The molecule has 2 amide bonds. The molecule has 0 aromatic heterocycles. The predicted molar refractivity (Wildman–Crippen MR) is 89.1 cm³/mol. The van der Waals surface area contributed by atoms with Crippen LogP contribution in [0.5, 0.6) is 23.0 Å². The van der Waals surface area contributed by atoms with Gasteiger partial charge in [-0.3, -0.25) is 20.4 Å². The number of para-hydroxylation sites is 1. The summed E-state index contributed by atoms with van der Waals surface area (Å²) in [6.45, 7) is 0. The SMILES string of the molecule is COc1cc(OC)c(C(=O)NNC(=O)c2ccccc2O)cc1OC. The van der Waals surface area contributed by atoms with Crippen molar-refractivity contribution in [2.24, 2.45) is 0 Å². The number of carbonyl (C=O) groups is 2. The van der Waals surface area contributed by atoms with Crippen molar-refractivity contribution in [1.29, 1.82) is 0 Å². The molecule has 0 aliphatic heterocycles. The van der Waals surface area contributed by atoms with Crippen molar-refractivity contribution in [3.05, 3.63) is 47.5 Å². The maximum absolute atomic E-state index is 12.3. The molecule has 0 bridgehead atoms. The van der Waals surface area contributed by atoms with Crippen molar-refractivity contribution in [2.75, 3.05) is 21.3 Å². The third-order valence-corrected chi connectivity index (χ3v) is 3.39. The Hall–Kier alpha value is -3.42. The summed E-state index contributed by atoms with van der Waals surface area (Å²) in [6.07, 6.45) is 0. The average molecular weight is 346 g/mol. The Balaban J connectivity index is 2.18. The van der Waals surface area contributed by atoms with Crippen LogP contribution in [0, 0.1) is 0 Å². The van der Waals surface area contributed by atoms with Crippen molar-refractivity contribution in [3.63, 3.8) is 0 Å². The smallest absolute Gasteiger partial charge is 0.273 e. The predicted octanol–water partition coefficient (Wildman–Crippen LogP) is 1.49. The van der Waals surface area contributed by atoms with Gasteiger partial charge in [-0.05, 0) is 12.1 Å². The van der Waals surface area contributed by atoms with E-state index in [0.29, 0.717) is 11.5 Å². The maximum Gasteiger partial charge on any atom is 0.273 e. The van der Waals surface area contributed by atoms with Gasteiger partial charge in [0.15, 0.2) is 11.5 Å². The fourth-order valence-corrected chi connectivity index (χ4v) is 2.12. The standard InChI is InChI=1S/C17H18N2O6/c1-23-13-9-15(25-3)14(24-2)8-11(13)17(22)19-18-16(21)10-6-4-5-7-12(10)20/h4-9,20H,1-3H3,(H,18,21)(H,19,22). The third kappa shape index (κ3) is 3.92. The lowest BCUT2D eigenvalue weighted by atomic mass is 10.1. The summed E-state index contributed by atoms with van der Waals surface area (Å²) in [5.74, 6) is -0.507. The van der Waals surface area contributed by atoms with Crippen LogP contribution in [0.2, 0.25) is 0 Å². The van der Waals surface area contributed by atoms with Crippen LogP contribution in [0.3, 0.4) is 0 Å². The second kappa shape index (κ2) is 7.91. The van der Waals surface area contributed by atoms with Gasteiger partial charge in [0.25, 0.3) is 11.8 Å². The first-order chi connectivity index (χ1) is 12.0. The summed E-state index contributed by atoms with van der Waals surface area (Å²) in [4.78, 5) is 24.4. The summed E-state index contributed by atoms with van der Waals surface area (Å²) < 4.78 is 15.5. The number of hydrogen-bond acceptors (Lipinski definition) is 6. The first kappa shape index (κ1) is 17.9.